The van der Waals surface area contributed by atoms with Crippen LogP contribution in [0.1, 0.15) is 10.4 Å². The van der Waals surface area contributed by atoms with Crippen LogP contribution in [0.3, 0.4) is 0 Å². The summed E-state index contributed by atoms with van der Waals surface area (Å²) in [5.41, 5.74) is 1.33. The number of anilines is 2. The first-order valence-corrected chi connectivity index (χ1v) is 11.0. The fourth-order valence-electron chi connectivity index (χ4n) is 2.51. The average Bonchev–Trinajstić information content (AvgIpc) is 2.74. The minimum atomic E-state index is -3.79. The average molecular weight is 414 g/mol. The van der Waals surface area contributed by atoms with Crippen molar-refractivity contribution >= 4 is 39.1 Å². The molecule has 1 amide bonds. The van der Waals surface area contributed by atoms with Crippen molar-refractivity contribution < 1.29 is 13.2 Å². The Morgan fingerprint density at radius 3 is 2.43 bits per heavy atom. The number of para-hydroxylation sites is 1. The highest BCUT2D eigenvalue weighted by Crippen LogP contribution is 2.23. The summed E-state index contributed by atoms with van der Waals surface area (Å²) in [6.07, 6.45) is 3.48. The molecule has 8 heteroatoms. The van der Waals surface area contributed by atoms with Crippen LogP contribution in [-0.4, -0.2) is 32.6 Å². The highest BCUT2D eigenvalue weighted by Gasteiger charge is 2.22. The second-order valence-electron chi connectivity index (χ2n) is 5.88. The zero-order valence-corrected chi connectivity index (χ0v) is 17.0. The number of pyridine rings is 1. The quantitative estimate of drug-likeness (QED) is 0.621. The number of amides is 1. The summed E-state index contributed by atoms with van der Waals surface area (Å²) >= 11 is 1.50. The predicted molar refractivity (Wildman–Crippen MR) is 112 cm³/mol. The van der Waals surface area contributed by atoms with E-state index in [-0.39, 0.29) is 10.5 Å². The molecule has 144 valence electrons. The van der Waals surface area contributed by atoms with E-state index in [9.17, 15) is 13.2 Å². The van der Waals surface area contributed by atoms with E-state index >= 15 is 0 Å². The van der Waals surface area contributed by atoms with E-state index in [1.54, 1.807) is 54.7 Å². The molecule has 3 aromatic rings. The zero-order valence-electron chi connectivity index (χ0n) is 15.4. The van der Waals surface area contributed by atoms with Gasteiger partial charge in [-0.2, -0.15) is 0 Å². The second kappa shape index (κ2) is 8.45. The van der Waals surface area contributed by atoms with Crippen molar-refractivity contribution in [2.24, 2.45) is 0 Å². The molecule has 0 unspecified atom stereocenters. The summed E-state index contributed by atoms with van der Waals surface area (Å²) in [4.78, 5) is 16.8. The molecule has 1 N–H and O–H groups in total. The first-order valence-electron chi connectivity index (χ1n) is 8.37. The van der Waals surface area contributed by atoms with Gasteiger partial charge in [-0.25, -0.2) is 13.4 Å². The molecule has 6 nitrogen and oxygen atoms in total. The third-order valence-electron chi connectivity index (χ3n) is 4.08. The van der Waals surface area contributed by atoms with Crippen LogP contribution in [0.15, 0.2) is 82.8 Å². The van der Waals surface area contributed by atoms with Crippen molar-refractivity contribution in [3.8, 4) is 0 Å². The highest BCUT2D eigenvalue weighted by molar-refractivity contribution is 7.98. The molecule has 28 heavy (non-hydrogen) atoms. The number of hydrogen-bond acceptors (Lipinski definition) is 5. The molecule has 2 aromatic carbocycles. The molecular weight excluding hydrogens is 394 g/mol. The van der Waals surface area contributed by atoms with Gasteiger partial charge < -0.3 is 5.32 Å². The summed E-state index contributed by atoms with van der Waals surface area (Å²) in [5, 5.41) is 3.57. The highest BCUT2D eigenvalue weighted by atomic mass is 32.2. The Morgan fingerprint density at radius 2 is 1.79 bits per heavy atom. The number of hydrogen-bond donors (Lipinski definition) is 1. The lowest BCUT2D eigenvalue weighted by atomic mass is 10.2. The molecule has 0 spiro atoms. The molecular formula is C20H19N3O3S2. The van der Waals surface area contributed by atoms with Gasteiger partial charge in [0.1, 0.15) is 0 Å². The van der Waals surface area contributed by atoms with Gasteiger partial charge in [0.05, 0.1) is 27.5 Å². The van der Waals surface area contributed by atoms with Crippen LogP contribution in [0.2, 0.25) is 0 Å². The molecule has 0 aliphatic carbocycles. The summed E-state index contributed by atoms with van der Waals surface area (Å²) in [7, 11) is -2.31. The molecule has 1 heterocycles. The molecule has 1 aromatic heterocycles. The summed E-state index contributed by atoms with van der Waals surface area (Å²) in [6, 6.07) is 18.3. The fraction of sp³-hybridized carbons (Fsp3) is 0.100. The van der Waals surface area contributed by atoms with Crippen LogP contribution in [0.5, 0.6) is 0 Å². The van der Waals surface area contributed by atoms with Gasteiger partial charge in [-0.15, -0.1) is 11.8 Å². The smallest absolute Gasteiger partial charge is 0.264 e. The second-order valence-corrected chi connectivity index (χ2v) is 8.68. The number of sulfonamides is 1. The van der Waals surface area contributed by atoms with Crippen LogP contribution in [0.4, 0.5) is 11.4 Å². The van der Waals surface area contributed by atoms with Crippen molar-refractivity contribution in [3.63, 3.8) is 0 Å². The maximum Gasteiger partial charge on any atom is 0.264 e. The lowest BCUT2D eigenvalue weighted by Crippen LogP contribution is -2.26. The first kappa shape index (κ1) is 19.9. The maximum atomic E-state index is 12.9. The van der Waals surface area contributed by atoms with Crippen LogP contribution >= 0.6 is 11.8 Å². The van der Waals surface area contributed by atoms with Gasteiger partial charge in [0, 0.05) is 12.6 Å². The monoisotopic (exact) mass is 413 g/mol. The van der Waals surface area contributed by atoms with Crippen LogP contribution in [0, 0.1) is 0 Å². The fourth-order valence-corrected chi connectivity index (χ4v) is 4.12. The topological polar surface area (TPSA) is 79.4 Å². The third kappa shape index (κ3) is 4.35. The van der Waals surface area contributed by atoms with E-state index in [0.29, 0.717) is 11.4 Å². The number of thioether (sulfide) groups is 1. The zero-order chi connectivity index (χ0) is 20.1. The Kier molecular flexibility index (Phi) is 6.01. The Morgan fingerprint density at radius 1 is 1.04 bits per heavy atom. The Bertz CT molecular complexity index is 1070. The first-order chi connectivity index (χ1) is 13.4. The van der Waals surface area contributed by atoms with Gasteiger partial charge in [0.2, 0.25) is 0 Å². The van der Waals surface area contributed by atoms with Gasteiger partial charge in [-0.1, -0.05) is 24.3 Å². The Hall–Kier alpha value is -2.84. The molecule has 0 atom stereocenters. The number of nitrogens with one attached hydrogen (secondary N) is 1. The van der Waals surface area contributed by atoms with E-state index < -0.39 is 15.9 Å². The normalized spacial score (nSPS) is 11.1. The van der Waals surface area contributed by atoms with Crippen molar-refractivity contribution in [2.75, 3.05) is 22.9 Å². The molecule has 0 saturated carbocycles. The number of carbonyl (C=O) groups is 1. The summed E-state index contributed by atoms with van der Waals surface area (Å²) in [5.74, 6) is -0.405. The van der Waals surface area contributed by atoms with Crippen LogP contribution < -0.4 is 9.62 Å². The molecule has 0 aliphatic rings. The van der Waals surface area contributed by atoms with E-state index in [4.69, 9.17) is 0 Å². The largest absolute Gasteiger partial charge is 0.321 e. The summed E-state index contributed by atoms with van der Waals surface area (Å²) in [6.45, 7) is 0. The van der Waals surface area contributed by atoms with Crippen molar-refractivity contribution in [3.05, 3.63) is 78.5 Å². The van der Waals surface area contributed by atoms with E-state index in [1.165, 1.54) is 35.2 Å². The number of aromatic nitrogens is 1. The van der Waals surface area contributed by atoms with E-state index in [0.717, 1.165) is 5.03 Å². The lowest BCUT2D eigenvalue weighted by Gasteiger charge is -2.19. The van der Waals surface area contributed by atoms with E-state index in [2.05, 4.69) is 10.3 Å². The maximum absolute atomic E-state index is 12.9. The standard InChI is InChI=1S/C20H19N3O3S2/c1-23(17-8-4-3-5-9-17)28(25,26)18-10-6-7-15(13-18)20(24)22-16-11-12-19(27-2)21-14-16/h3-14H,1-2H3,(H,22,24). The van der Waals surface area contributed by atoms with Gasteiger partial charge in [0.15, 0.2) is 0 Å². The molecule has 0 saturated heterocycles. The number of benzene rings is 2. The van der Waals surface area contributed by atoms with E-state index in [1.807, 2.05) is 12.3 Å². The SMILES string of the molecule is CSc1ccc(NC(=O)c2cccc(S(=O)(=O)N(C)c3ccccc3)c2)cn1. The molecule has 0 aliphatic heterocycles. The number of carbonyl (C=O) groups excluding carboxylic acids is 1. The van der Waals surface area contributed by atoms with Gasteiger partial charge >= 0.3 is 0 Å². The van der Waals surface area contributed by atoms with Crippen molar-refractivity contribution in [2.45, 2.75) is 9.92 Å². The predicted octanol–water partition coefficient (Wildman–Crippen LogP) is 3.88. The molecule has 0 radical (unpaired) electrons. The van der Waals surface area contributed by atoms with Crippen LogP contribution in [-0.2, 0) is 10.0 Å². The minimum Gasteiger partial charge on any atom is -0.321 e. The number of rotatable bonds is 6. The minimum absolute atomic E-state index is 0.0439. The van der Waals surface area contributed by atoms with Gasteiger partial charge in [-0.05, 0) is 48.7 Å². The Balaban J connectivity index is 1.83. The lowest BCUT2D eigenvalue weighted by molar-refractivity contribution is 0.102. The van der Waals surface area contributed by atoms with Crippen LogP contribution in [0.25, 0.3) is 0 Å². The van der Waals surface area contributed by atoms with Gasteiger partial charge in [-0.3, -0.25) is 9.10 Å². The van der Waals surface area contributed by atoms with Crippen molar-refractivity contribution in [1.82, 2.24) is 4.98 Å². The number of nitrogens with zero attached hydrogens (tertiary/aromatic N) is 2. The summed E-state index contributed by atoms with van der Waals surface area (Å²) < 4.78 is 27.0. The van der Waals surface area contributed by atoms with Crippen molar-refractivity contribution in [1.29, 1.82) is 0 Å². The van der Waals surface area contributed by atoms with Gasteiger partial charge in [0.25, 0.3) is 15.9 Å². The molecule has 0 bridgehead atoms. The third-order valence-corrected chi connectivity index (χ3v) is 6.52. The molecule has 0 fully saturated rings. The molecule has 3 rings (SSSR count). The Labute approximate surface area is 168 Å².